The normalized spacial score (nSPS) is 15.9. The van der Waals surface area contributed by atoms with Gasteiger partial charge in [0.15, 0.2) is 11.5 Å². The number of thiophene rings is 1. The van der Waals surface area contributed by atoms with Crippen molar-refractivity contribution in [3.8, 4) is 11.5 Å². The monoisotopic (exact) mass is 580 g/mol. The lowest BCUT2D eigenvalue weighted by molar-refractivity contribution is 0.0927. The number of halogens is 1. The van der Waals surface area contributed by atoms with Crippen molar-refractivity contribution < 1.29 is 14.3 Å². The minimum Gasteiger partial charge on any atom is -0.493 e. The predicted molar refractivity (Wildman–Crippen MR) is 154 cm³/mol. The van der Waals surface area contributed by atoms with Crippen LogP contribution in [0.2, 0.25) is 0 Å². The number of methoxy groups -OCH3 is 1. The largest absolute Gasteiger partial charge is 0.493 e. The van der Waals surface area contributed by atoms with E-state index in [0.717, 1.165) is 58.3 Å². The molecule has 194 valence electrons. The molecule has 1 aromatic heterocycles. The molecule has 5 nitrogen and oxygen atoms in total. The summed E-state index contributed by atoms with van der Waals surface area (Å²) in [5.74, 6) is 1.39. The number of hydrogen-bond acceptors (Lipinski definition) is 5. The molecule has 0 spiro atoms. The number of nitrogens with zero attached hydrogens (tertiary/aromatic N) is 1. The third-order valence-corrected chi connectivity index (χ3v) is 8.87. The lowest BCUT2D eigenvalue weighted by Gasteiger charge is -2.23. The van der Waals surface area contributed by atoms with Gasteiger partial charge in [-0.3, -0.25) is 4.79 Å². The molecule has 1 N–H and O–H groups in total. The molecule has 5 rings (SSSR count). The number of rotatable bonds is 8. The lowest BCUT2D eigenvalue weighted by Crippen LogP contribution is -2.36. The van der Waals surface area contributed by atoms with Gasteiger partial charge in [-0.25, -0.2) is 4.99 Å². The van der Waals surface area contributed by atoms with Crippen LogP contribution < -0.4 is 14.8 Å². The Balaban J connectivity index is 1.34. The van der Waals surface area contributed by atoms with E-state index in [4.69, 9.17) is 14.5 Å². The van der Waals surface area contributed by atoms with Gasteiger partial charge in [0.05, 0.1) is 12.7 Å². The summed E-state index contributed by atoms with van der Waals surface area (Å²) in [6, 6.07) is 14.2. The fourth-order valence-corrected chi connectivity index (χ4v) is 6.63. The van der Waals surface area contributed by atoms with Gasteiger partial charge in [0, 0.05) is 21.6 Å². The summed E-state index contributed by atoms with van der Waals surface area (Å²) >= 11 is 5.13. The summed E-state index contributed by atoms with van der Waals surface area (Å²) in [5, 5.41) is 4.14. The standard InChI is InChI=1S/C30H33BrN2O3S/c1-35-26-17-21(13-16-25(26)36-19-20-11-14-22(31)15-12-20)18-32-30-28(24-9-5-6-10-27(24)37-30)29(34)33-23-7-3-2-4-8-23/h11-18,23H,2-10,19H2,1H3,(H,33,34). The molecule has 1 amide bonds. The number of hydrogen-bond donors (Lipinski definition) is 1. The fourth-order valence-electron chi connectivity index (χ4n) is 5.14. The van der Waals surface area contributed by atoms with E-state index in [1.165, 1.54) is 36.1 Å². The molecular weight excluding hydrogens is 548 g/mol. The zero-order valence-corrected chi connectivity index (χ0v) is 23.6. The average Bonchev–Trinajstić information content (AvgIpc) is 3.31. The fraction of sp³-hybridized carbons (Fsp3) is 0.400. The number of amides is 1. The van der Waals surface area contributed by atoms with Crippen LogP contribution in [0.25, 0.3) is 0 Å². The Morgan fingerprint density at radius 3 is 2.62 bits per heavy atom. The minimum atomic E-state index is 0.0488. The van der Waals surface area contributed by atoms with Crippen molar-refractivity contribution in [2.45, 2.75) is 70.4 Å². The summed E-state index contributed by atoms with van der Waals surface area (Å²) < 4.78 is 12.7. The Bertz CT molecular complexity index is 1260. The van der Waals surface area contributed by atoms with E-state index in [1.54, 1.807) is 18.4 Å². The highest BCUT2D eigenvalue weighted by Crippen LogP contribution is 2.40. The lowest BCUT2D eigenvalue weighted by atomic mass is 9.93. The minimum absolute atomic E-state index is 0.0488. The van der Waals surface area contributed by atoms with E-state index in [0.29, 0.717) is 18.1 Å². The third-order valence-electron chi connectivity index (χ3n) is 7.15. The van der Waals surface area contributed by atoms with Crippen molar-refractivity contribution in [2.75, 3.05) is 7.11 Å². The van der Waals surface area contributed by atoms with Crippen molar-refractivity contribution in [2.24, 2.45) is 4.99 Å². The van der Waals surface area contributed by atoms with Crippen LogP contribution in [0.1, 0.15) is 76.9 Å². The molecule has 2 aliphatic rings. The summed E-state index contributed by atoms with van der Waals surface area (Å²) in [6.45, 7) is 0.456. The molecule has 1 fully saturated rings. The van der Waals surface area contributed by atoms with Crippen molar-refractivity contribution in [3.63, 3.8) is 0 Å². The van der Waals surface area contributed by atoms with Crippen molar-refractivity contribution in [3.05, 3.63) is 74.1 Å². The Morgan fingerprint density at radius 1 is 1.05 bits per heavy atom. The molecule has 0 unspecified atom stereocenters. The van der Waals surface area contributed by atoms with Gasteiger partial charge in [0.25, 0.3) is 5.91 Å². The number of carbonyl (C=O) groups excluding carboxylic acids is 1. The zero-order valence-electron chi connectivity index (χ0n) is 21.2. The topological polar surface area (TPSA) is 59.9 Å². The Kier molecular flexibility index (Phi) is 8.62. The molecule has 2 aromatic carbocycles. The number of ether oxygens (including phenoxy) is 2. The molecule has 0 radical (unpaired) electrons. The Morgan fingerprint density at radius 2 is 1.84 bits per heavy atom. The van der Waals surface area contributed by atoms with Crippen LogP contribution in [0, 0.1) is 0 Å². The molecule has 7 heteroatoms. The van der Waals surface area contributed by atoms with E-state index in [-0.39, 0.29) is 11.9 Å². The van der Waals surface area contributed by atoms with E-state index in [9.17, 15) is 4.79 Å². The van der Waals surface area contributed by atoms with Gasteiger partial charge in [-0.1, -0.05) is 47.3 Å². The number of aliphatic imine (C=N–C) groups is 1. The summed E-state index contributed by atoms with van der Waals surface area (Å²) in [4.78, 5) is 19.6. The van der Waals surface area contributed by atoms with Crippen molar-refractivity contribution in [1.82, 2.24) is 5.32 Å². The van der Waals surface area contributed by atoms with Gasteiger partial charge in [-0.2, -0.15) is 0 Å². The number of benzene rings is 2. The van der Waals surface area contributed by atoms with E-state index in [1.807, 2.05) is 48.7 Å². The highest BCUT2D eigenvalue weighted by Gasteiger charge is 2.27. The van der Waals surface area contributed by atoms with Crippen molar-refractivity contribution in [1.29, 1.82) is 0 Å². The van der Waals surface area contributed by atoms with Crippen LogP contribution >= 0.6 is 27.3 Å². The van der Waals surface area contributed by atoms with Crippen LogP contribution in [-0.2, 0) is 19.4 Å². The Labute approximate surface area is 231 Å². The van der Waals surface area contributed by atoms with Gasteiger partial charge in [0.2, 0.25) is 0 Å². The van der Waals surface area contributed by atoms with Crippen LogP contribution in [0.15, 0.2) is 51.9 Å². The van der Waals surface area contributed by atoms with Gasteiger partial charge in [-0.05, 0) is 85.5 Å². The first-order chi connectivity index (χ1) is 18.1. The first-order valence-electron chi connectivity index (χ1n) is 13.2. The highest BCUT2D eigenvalue weighted by molar-refractivity contribution is 9.10. The number of fused-ring (bicyclic) bond motifs is 1. The highest BCUT2D eigenvalue weighted by atomic mass is 79.9. The molecule has 1 saturated carbocycles. The van der Waals surface area contributed by atoms with Crippen LogP contribution in [0.4, 0.5) is 5.00 Å². The van der Waals surface area contributed by atoms with E-state index < -0.39 is 0 Å². The zero-order chi connectivity index (χ0) is 25.6. The first kappa shape index (κ1) is 26.0. The van der Waals surface area contributed by atoms with Gasteiger partial charge in [-0.15, -0.1) is 11.3 Å². The first-order valence-corrected chi connectivity index (χ1v) is 14.8. The maximum absolute atomic E-state index is 13.4. The molecule has 0 atom stereocenters. The van der Waals surface area contributed by atoms with Gasteiger partial charge >= 0.3 is 0 Å². The van der Waals surface area contributed by atoms with Gasteiger partial charge in [0.1, 0.15) is 11.6 Å². The van der Waals surface area contributed by atoms with Gasteiger partial charge < -0.3 is 14.8 Å². The van der Waals surface area contributed by atoms with Crippen molar-refractivity contribution >= 4 is 44.4 Å². The summed E-state index contributed by atoms with van der Waals surface area (Å²) in [6.07, 6.45) is 12.0. The van der Waals surface area contributed by atoms with E-state index in [2.05, 4.69) is 21.2 Å². The third kappa shape index (κ3) is 6.44. The second-order valence-corrected chi connectivity index (χ2v) is 11.8. The summed E-state index contributed by atoms with van der Waals surface area (Å²) in [7, 11) is 1.64. The molecule has 0 aliphatic heterocycles. The van der Waals surface area contributed by atoms with E-state index >= 15 is 0 Å². The molecule has 3 aromatic rings. The SMILES string of the molecule is COc1cc(C=Nc2sc3c(c2C(=O)NC2CCCCC2)CCCC3)ccc1OCc1ccc(Br)cc1. The smallest absolute Gasteiger partial charge is 0.254 e. The molecular formula is C30H33BrN2O3S. The van der Waals surface area contributed by atoms with Crippen LogP contribution in [-0.4, -0.2) is 25.3 Å². The maximum Gasteiger partial charge on any atom is 0.254 e. The van der Waals surface area contributed by atoms with Crippen LogP contribution in [0.3, 0.4) is 0 Å². The Hall–Kier alpha value is -2.64. The number of nitrogens with one attached hydrogen (secondary N) is 1. The predicted octanol–water partition coefficient (Wildman–Crippen LogP) is 7.79. The molecule has 0 saturated heterocycles. The second-order valence-electron chi connectivity index (χ2n) is 9.78. The number of aryl methyl sites for hydroxylation is 1. The quantitative estimate of drug-likeness (QED) is 0.276. The van der Waals surface area contributed by atoms with Crippen LogP contribution in [0.5, 0.6) is 11.5 Å². The summed E-state index contributed by atoms with van der Waals surface area (Å²) in [5.41, 5.74) is 3.99. The molecule has 0 bridgehead atoms. The maximum atomic E-state index is 13.4. The average molecular weight is 582 g/mol. The molecule has 2 aliphatic carbocycles. The second kappa shape index (κ2) is 12.3. The molecule has 37 heavy (non-hydrogen) atoms. The molecule has 1 heterocycles. The number of carbonyl (C=O) groups is 1.